The quantitative estimate of drug-likeness (QED) is 0.380. The number of aromatic amines is 1. The molecule has 1 unspecified atom stereocenters. The Labute approximate surface area is 179 Å². The molecule has 0 amide bonds. The van der Waals surface area contributed by atoms with Crippen LogP contribution in [0, 0.1) is 22.7 Å². The van der Waals surface area contributed by atoms with Crippen molar-refractivity contribution in [2.24, 2.45) is 17.3 Å². The fourth-order valence-corrected chi connectivity index (χ4v) is 3.26. The van der Waals surface area contributed by atoms with Crippen LogP contribution < -0.4 is 4.72 Å². The minimum absolute atomic E-state index is 0.0305. The number of hydrogen-bond acceptors (Lipinski definition) is 9. The van der Waals surface area contributed by atoms with Gasteiger partial charge in [0.1, 0.15) is 18.0 Å². The van der Waals surface area contributed by atoms with E-state index >= 15 is 0 Å². The van der Waals surface area contributed by atoms with E-state index < -0.39 is 10.9 Å². The maximum atomic E-state index is 10.8. The molecule has 0 aromatic carbocycles. The molecule has 13 nitrogen and oxygen atoms in total. The molecule has 0 radical (unpaired) electrons. The van der Waals surface area contributed by atoms with Gasteiger partial charge in [0.25, 0.3) is 5.95 Å². The minimum atomic E-state index is -2.70. The number of nitrogens with one attached hydrogen (secondary N) is 2. The Morgan fingerprint density at radius 3 is 2.48 bits per heavy atom. The molecule has 162 valence electrons. The van der Waals surface area contributed by atoms with Crippen LogP contribution in [-0.2, 0) is 23.4 Å². The molecule has 31 heavy (non-hydrogen) atoms. The number of H-pyrrole nitrogens is 1. The number of thiol groups is 1. The summed E-state index contributed by atoms with van der Waals surface area (Å²) >= 11 is 0. The normalized spacial score (nSPS) is 13.2. The Hall–Kier alpha value is -3.62. The van der Waals surface area contributed by atoms with Gasteiger partial charge >= 0.3 is 0 Å². The van der Waals surface area contributed by atoms with E-state index in [1.54, 1.807) is 7.05 Å². The Kier molecular flexibility index (Phi) is 5.88. The second kappa shape index (κ2) is 8.25. The van der Waals surface area contributed by atoms with Crippen molar-refractivity contribution in [1.29, 1.82) is 10.5 Å². The molecule has 14 heteroatoms. The van der Waals surface area contributed by atoms with Gasteiger partial charge in [-0.25, -0.2) is 13.1 Å². The molecule has 3 heterocycles. The summed E-state index contributed by atoms with van der Waals surface area (Å²) in [6, 6.07) is 3.79. The first-order valence-electron chi connectivity index (χ1n) is 9.22. The smallest absolute Gasteiger partial charge is 0.251 e. The molecule has 0 saturated carbocycles. The van der Waals surface area contributed by atoms with E-state index in [4.69, 9.17) is 5.26 Å². The second-order valence-electron chi connectivity index (χ2n) is 7.91. The summed E-state index contributed by atoms with van der Waals surface area (Å²) in [6.07, 6.45) is 0. The third-order valence-corrected chi connectivity index (χ3v) is 4.96. The van der Waals surface area contributed by atoms with Crippen molar-refractivity contribution < 1.29 is 8.42 Å². The number of nitriles is 2. The van der Waals surface area contributed by atoms with Crippen LogP contribution in [0.25, 0.3) is 5.65 Å². The van der Waals surface area contributed by atoms with Gasteiger partial charge in [-0.05, 0) is 0 Å². The molecule has 0 aliphatic carbocycles. The molecule has 3 rings (SSSR count). The summed E-state index contributed by atoms with van der Waals surface area (Å²) in [5.41, 5.74) is 1.23. The Bertz CT molecular complexity index is 1310. The molecule has 2 N–H and O–H groups in total. The van der Waals surface area contributed by atoms with Crippen molar-refractivity contribution in [2.75, 3.05) is 6.54 Å². The van der Waals surface area contributed by atoms with Crippen LogP contribution in [0.3, 0.4) is 0 Å². The predicted molar refractivity (Wildman–Crippen MR) is 110 cm³/mol. The standard InChI is InChI=1S/C17H21N11O2S/c1-9(8-20-31(29)30)14-22-15-12(13(17(2,3)4)25-28(15)26-14)23-24-16-21-10(6-18)11(7-19)27(16)5/h9,31H,8H2,1-5H3,(H,22,26)(H,20,29,30). The van der Waals surface area contributed by atoms with Gasteiger partial charge in [-0.1, -0.05) is 27.7 Å². The maximum Gasteiger partial charge on any atom is 0.251 e. The summed E-state index contributed by atoms with van der Waals surface area (Å²) < 4.78 is 26.7. The monoisotopic (exact) mass is 443 g/mol. The number of fused-ring (bicyclic) bond motifs is 1. The summed E-state index contributed by atoms with van der Waals surface area (Å²) in [7, 11) is -1.13. The molecule has 0 spiro atoms. The maximum absolute atomic E-state index is 10.8. The molecular weight excluding hydrogens is 422 g/mol. The first-order valence-corrected chi connectivity index (χ1v) is 10.4. The molecule has 0 aliphatic rings. The highest BCUT2D eigenvalue weighted by molar-refractivity contribution is 7.70. The lowest BCUT2D eigenvalue weighted by Gasteiger charge is -2.15. The second-order valence-corrected chi connectivity index (χ2v) is 8.74. The molecule has 3 aromatic heterocycles. The summed E-state index contributed by atoms with van der Waals surface area (Å²) in [5.74, 6) is 0.395. The summed E-state index contributed by atoms with van der Waals surface area (Å²) in [5, 5.41) is 35.8. The molecule has 3 aromatic rings. The van der Waals surface area contributed by atoms with Crippen LogP contribution in [0.2, 0.25) is 0 Å². The van der Waals surface area contributed by atoms with E-state index in [2.05, 4.69) is 35.1 Å². The van der Waals surface area contributed by atoms with Gasteiger partial charge in [-0.15, -0.1) is 20.0 Å². The van der Waals surface area contributed by atoms with E-state index in [9.17, 15) is 13.7 Å². The SMILES string of the molecule is CC(CN[SH](=O)=O)c1nn2nc(C(C)(C)C)c(N=Nc3nc(C#N)c(C#N)n3C)c2[nH]1. The highest BCUT2D eigenvalue weighted by Gasteiger charge is 2.27. The third-order valence-electron chi connectivity index (χ3n) is 4.52. The van der Waals surface area contributed by atoms with Crippen molar-refractivity contribution in [3.63, 3.8) is 0 Å². The van der Waals surface area contributed by atoms with Crippen molar-refractivity contribution in [3.05, 3.63) is 22.9 Å². The van der Waals surface area contributed by atoms with Crippen molar-refractivity contribution in [2.45, 2.75) is 39.0 Å². The van der Waals surface area contributed by atoms with Gasteiger partial charge < -0.3 is 9.55 Å². The Morgan fingerprint density at radius 1 is 1.23 bits per heavy atom. The summed E-state index contributed by atoms with van der Waals surface area (Å²) in [6.45, 7) is 7.90. The number of imidazole rings is 1. The zero-order valence-corrected chi connectivity index (χ0v) is 18.5. The van der Waals surface area contributed by atoms with E-state index in [0.29, 0.717) is 22.9 Å². The number of hydrogen-bond donors (Lipinski definition) is 3. The zero-order valence-electron chi connectivity index (χ0n) is 17.6. The average Bonchev–Trinajstić information content (AvgIpc) is 3.34. The Morgan fingerprint density at radius 2 is 1.94 bits per heavy atom. The number of azo groups is 1. The lowest BCUT2D eigenvalue weighted by molar-refractivity contribution is 0.554. The Balaban J connectivity index is 2.07. The fraction of sp³-hybridized carbons (Fsp3) is 0.471. The third kappa shape index (κ3) is 4.30. The van der Waals surface area contributed by atoms with Gasteiger partial charge in [0.2, 0.25) is 10.9 Å². The topological polar surface area (TPSA) is 182 Å². The van der Waals surface area contributed by atoms with Crippen molar-refractivity contribution in [1.82, 2.24) is 34.1 Å². The highest BCUT2D eigenvalue weighted by Crippen LogP contribution is 2.35. The number of aromatic nitrogens is 6. The largest absolute Gasteiger partial charge is 0.323 e. The molecular formula is C17H21N11O2S. The van der Waals surface area contributed by atoms with Gasteiger partial charge in [0.15, 0.2) is 22.7 Å². The lowest BCUT2D eigenvalue weighted by Crippen LogP contribution is -2.19. The molecule has 0 saturated heterocycles. The van der Waals surface area contributed by atoms with Crippen LogP contribution in [0.15, 0.2) is 10.2 Å². The highest BCUT2D eigenvalue weighted by atomic mass is 32.2. The predicted octanol–water partition coefficient (Wildman–Crippen LogP) is 1.47. The molecule has 0 bridgehead atoms. The van der Waals surface area contributed by atoms with Gasteiger partial charge in [-0.3, -0.25) is 0 Å². The number of nitrogens with zero attached hydrogens (tertiary/aromatic N) is 9. The molecule has 1 atom stereocenters. The van der Waals surface area contributed by atoms with E-state index in [1.807, 2.05) is 39.8 Å². The van der Waals surface area contributed by atoms with Gasteiger partial charge in [0.05, 0.1) is 5.69 Å². The van der Waals surface area contributed by atoms with E-state index in [1.165, 1.54) is 9.20 Å². The van der Waals surface area contributed by atoms with Gasteiger partial charge in [0, 0.05) is 24.9 Å². The van der Waals surface area contributed by atoms with Crippen LogP contribution in [0.1, 0.15) is 56.5 Å². The van der Waals surface area contributed by atoms with Crippen molar-refractivity contribution >= 4 is 28.2 Å². The van der Waals surface area contributed by atoms with E-state index in [0.717, 1.165) is 0 Å². The van der Waals surface area contributed by atoms with Crippen LogP contribution in [-0.4, -0.2) is 44.3 Å². The van der Waals surface area contributed by atoms with Crippen LogP contribution in [0.5, 0.6) is 0 Å². The zero-order chi connectivity index (χ0) is 22.9. The first-order chi connectivity index (χ1) is 14.6. The lowest BCUT2D eigenvalue weighted by atomic mass is 9.91. The fourth-order valence-electron chi connectivity index (χ4n) is 2.84. The van der Waals surface area contributed by atoms with Crippen LogP contribution >= 0.6 is 0 Å². The molecule has 0 fully saturated rings. The van der Waals surface area contributed by atoms with E-state index in [-0.39, 0.29) is 35.2 Å². The first kappa shape index (κ1) is 22.1. The van der Waals surface area contributed by atoms with Crippen molar-refractivity contribution in [3.8, 4) is 12.1 Å². The average molecular weight is 443 g/mol. The summed E-state index contributed by atoms with van der Waals surface area (Å²) in [4.78, 5) is 7.18. The molecule has 0 aliphatic heterocycles. The minimum Gasteiger partial charge on any atom is -0.323 e. The number of rotatable bonds is 6. The van der Waals surface area contributed by atoms with Crippen LogP contribution in [0.4, 0.5) is 11.6 Å². The van der Waals surface area contributed by atoms with Gasteiger partial charge in [-0.2, -0.15) is 20.6 Å².